The summed E-state index contributed by atoms with van der Waals surface area (Å²) in [6.45, 7) is 0. The van der Waals surface area contributed by atoms with E-state index in [0.717, 1.165) is 16.8 Å². The van der Waals surface area contributed by atoms with Crippen molar-refractivity contribution in [1.82, 2.24) is 9.97 Å². The number of ether oxygens (including phenoxy) is 3. The lowest BCUT2D eigenvalue weighted by Crippen LogP contribution is -2.01. The Morgan fingerprint density at radius 1 is 0.735 bits per heavy atom. The first kappa shape index (κ1) is 22.6. The Balaban J connectivity index is 1.71. The van der Waals surface area contributed by atoms with Gasteiger partial charge in [-0.05, 0) is 36.4 Å². The molecule has 0 saturated carbocycles. The van der Waals surface area contributed by atoms with E-state index in [1.807, 2.05) is 54.6 Å². The Hall–Kier alpha value is -4.59. The highest BCUT2D eigenvalue weighted by Crippen LogP contribution is 2.33. The molecule has 0 radical (unpaired) electrons. The summed E-state index contributed by atoms with van der Waals surface area (Å²) in [5.41, 5.74) is 6.53. The maximum Gasteiger partial charge on any atom is 0.244 e. The summed E-state index contributed by atoms with van der Waals surface area (Å²) in [6, 6.07) is 22.4. The zero-order valence-corrected chi connectivity index (χ0v) is 19.0. The minimum atomic E-state index is 0.000483. The fraction of sp³-hybridized carbons (Fsp3) is 0.115. The van der Waals surface area contributed by atoms with Crippen LogP contribution >= 0.6 is 0 Å². The van der Waals surface area contributed by atoms with Gasteiger partial charge >= 0.3 is 0 Å². The van der Waals surface area contributed by atoms with Gasteiger partial charge in [-0.1, -0.05) is 36.4 Å². The van der Waals surface area contributed by atoms with Gasteiger partial charge < -0.3 is 19.3 Å². The van der Waals surface area contributed by atoms with Gasteiger partial charge in [-0.2, -0.15) is 5.10 Å². The first-order valence-corrected chi connectivity index (χ1v) is 10.4. The topological polar surface area (TPSA) is 98.1 Å². The molecule has 8 nitrogen and oxygen atoms in total. The van der Waals surface area contributed by atoms with Gasteiger partial charge in [-0.25, -0.2) is 15.4 Å². The van der Waals surface area contributed by atoms with Crippen LogP contribution in [0.4, 0.5) is 5.95 Å². The Kier molecular flexibility index (Phi) is 6.88. The van der Waals surface area contributed by atoms with Crippen molar-refractivity contribution in [3.05, 3.63) is 78.4 Å². The van der Waals surface area contributed by atoms with Gasteiger partial charge in [0.15, 0.2) is 23.0 Å². The lowest BCUT2D eigenvalue weighted by molar-refractivity contribution is 0.355. The first-order chi connectivity index (χ1) is 16.6. The molecule has 0 bridgehead atoms. The van der Waals surface area contributed by atoms with E-state index < -0.39 is 0 Å². The summed E-state index contributed by atoms with van der Waals surface area (Å²) in [5, 5.41) is 14.5. The van der Waals surface area contributed by atoms with Crippen molar-refractivity contribution in [2.45, 2.75) is 0 Å². The van der Waals surface area contributed by atoms with Gasteiger partial charge in [0.25, 0.3) is 0 Å². The molecule has 0 aliphatic rings. The summed E-state index contributed by atoms with van der Waals surface area (Å²) < 4.78 is 15.9. The van der Waals surface area contributed by atoms with Crippen LogP contribution in [0.1, 0.15) is 5.56 Å². The van der Waals surface area contributed by atoms with Crippen LogP contribution in [0.15, 0.2) is 77.9 Å². The smallest absolute Gasteiger partial charge is 0.244 e. The minimum Gasteiger partial charge on any atom is -0.504 e. The predicted molar refractivity (Wildman–Crippen MR) is 132 cm³/mol. The highest BCUT2D eigenvalue weighted by atomic mass is 16.5. The molecule has 172 valence electrons. The molecule has 0 unspecified atom stereocenters. The molecule has 8 heteroatoms. The van der Waals surface area contributed by atoms with E-state index in [9.17, 15) is 5.11 Å². The van der Waals surface area contributed by atoms with Gasteiger partial charge in [0.1, 0.15) is 0 Å². The number of hydrogen-bond donors (Lipinski definition) is 2. The lowest BCUT2D eigenvalue weighted by Gasteiger charge is -2.11. The number of hydrazone groups is 1. The Bertz CT molecular complexity index is 1310. The zero-order chi connectivity index (χ0) is 23.9. The number of phenolic OH excluding ortho intramolecular Hbond substituents is 1. The molecule has 0 spiro atoms. The number of benzene rings is 3. The predicted octanol–water partition coefficient (Wildman–Crippen LogP) is 4.99. The number of anilines is 1. The molecule has 0 aliphatic heterocycles. The van der Waals surface area contributed by atoms with E-state index in [2.05, 4.69) is 20.5 Å². The SMILES string of the molecule is COc1ccc(-c2cc(-c3ccccc3)nc(N/N=C\c3cccc(OC)c3O)n2)cc1OC. The zero-order valence-electron chi connectivity index (χ0n) is 19.0. The third-order valence-electron chi connectivity index (χ3n) is 5.09. The maximum absolute atomic E-state index is 10.3. The van der Waals surface area contributed by atoms with Crippen molar-refractivity contribution >= 4 is 12.2 Å². The van der Waals surface area contributed by atoms with Gasteiger partial charge in [0.2, 0.25) is 5.95 Å². The van der Waals surface area contributed by atoms with Crippen molar-refractivity contribution in [2.75, 3.05) is 26.8 Å². The molecule has 1 aromatic heterocycles. The highest BCUT2D eigenvalue weighted by molar-refractivity contribution is 5.85. The van der Waals surface area contributed by atoms with Crippen molar-refractivity contribution < 1.29 is 19.3 Å². The minimum absolute atomic E-state index is 0.000483. The number of methoxy groups -OCH3 is 3. The molecular weight excluding hydrogens is 432 g/mol. The third-order valence-corrected chi connectivity index (χ3v) is 5.09. The maximum atomic E-state index is 10.3. The van der Waals surface area contributed by atoms with Crippen molar-refractivity contribution in [3.8, 4) is 45.5 Å². The molecule has 4 rings (SSSR count). The molecular formula is C26H24N4O4. The monoisotopic (exact) mass is 456 g/mol. The standard InChI is InChI=1S/C26H24N4O4/c1-32-22-13-12-18(14-24(22)34-3)21-15-20(17-8-5-4-6-9-17)28-26(29-21)30-27-16-19-10-7-11-23(33-2)25(19)31/h4-16,31H,1-3H3,(H,28,29,30)/b27-16-. The normalized spacial score (nSPS) is 10.8. The van der Waals surface area contributed by atoms with Crippen LogP contribution < -0.4 is 19.6 Å². The number of rotatable bonds is 8. The number of phenols is 1. The van der Waals surface area contributed by atoms with Crippen LogP contribution in [0.2, 0.25) is 0 Å². The lowest BCUT2D eigenvalue weighted by atomic mass is 10.1. The Labute approximate surface area is 197 Å². The molecule has 34 heavy (non-hydrogen) atoms. The van der Waals surface area contributed by atoms with Gasteiger partial charge in [0, 0.05) is 16.7 Å². The fourth-order valence-corrected chi connectivity index (χ4v) is 3.37. The Morgan fingerprint density at radius 3 is 2.15 bits per heavy atom. The van der Waals surface area contributed by atoms with Crippen LogP contribution in [0.25, 0.3) is 22.5 Å². The first-order valence-electron chi connectivity index (χ1n) is 10.4. The molecule has 1 heterocycles. The summed E-state index contributed by atoms with van der Waals surface area (Å²) >= 11 is 0. The second-order valence-corrected chi connectivity index (χ2v) is 7.17. The van der Waals surface area contributed by atoms with E-state index in [1.54, 1.807) is 32.4 Å². The number of nitrogens with zero attached hydrogens (tertiary/aromatic N) is 3. The second kappa shape index (κ2) is 10.4. The average Bonchev–Trinajstić information content (AvgIpc) is 2.89. The summed E-state index contributed by atoms with van der Waals surface area (Å²) in [7, 11) is 4.68. The number of hydrogen-bond acceptors (Lipinski definition) is 8. The van der Waals surface area contributed by atoms with Gasteiger partial charge in [-0.3, -0.25) is 0 Å². The summed E-state index contributed by atoms with van der Waals surface area (Å²) in [5.74, 6) is 1.89. The van der Waals surface area contributed by atoms with Crippen LogP contribution in [-0.2, 0) is 0 Å². The van der Waals surface area contributed by atoms with E-state index in [-0.39, 0.29) is 5.75 Å². The van der Waals surface area contributed by atoms with Crippen molar-refractivity contribution in [1.29, 1.82) is 0 Å². The molecule has 4 aromatic rings. The van der Waals surface area contributed by atoms with Crippen molar-refractivity contribution in [2.24, 2.45) is 5.10 Å². The molecule has 0 saturated heterocycles. The third kappa shape index (κ3) is 4.91. The quantitative estimate of drug-likeness (QED) is 0.285. The fourth-order valence-electron chi connectivity index (χ4n) is 3.37. The van der Waals surface area contributed by atoms with Crippen LogP contribution in [0.5, 0.6) is 23.0 Å². The molecule has 0 amide bonds. The Morgan fingerprint density at radius 2 is 1.44 bits per heavy atom. The number of nitrogens with one attached hydrogen (secondary N) is 1. The van der Waals surface area contributed by atoms with Gasteiger partial charge in [-0.15, -0.1) is 0 Å². The largest absolute Gasteiger partial charge is 0.504 e. The molecule has 0 aliphatic carbocycles. The highest BCUT2D eigenvalue weighted by Gasteiger charge is 2.12. The molecule has 2 N–H and O–H groups in total. The second-order valence-electron chi connectivity index (χ2n) is 7.17. The van der Waals surface area contributed by atoms with E-state index in [1.165, 1.54) is 13.3 Å². The summed E-state index contributed by atoms with van der Waals surface area (Å²) in [4.78, 5) is 9.24. The van der Waals surface area contributed by atoms with Gasteiger partial charge in [0.05, 0.1) is 38.9 Å². The molecule has 3 aromatic carbocycles. The molecule has 0 atom stereocenters. The average molecular weight is 457 g/mol. The number of aromatic nitrogens is 2. The van der Waals surface area contributed by atoms with Crippen LogP contribution in [0, 0.1) is 0 Å². The number of para-hydroxylation sites is 1. The summed E-state index contributed by atoms with van der Waals surface area (Å²) in [6.07, 6.45) is 1.48. The van der Waals surface area contributed by atoms with E-state index >= 15 is 0 Å². The van der Waals surface area contributed by atoms with E-state index in [4.69, 9.17) is 14.2 Å². The van der Waals surface area contributed by atoms with E-state index in [0.29, 0.717) is 34.5 Å². The van der Waals surface area contributed by atoms with Crippen LogP contribution in [-0.4, -0.2) is 42.6 Å². The molecule has 0 fully saturated rings. The van der Waals surface area contributed by atoms with Crippen molar-refractivity contribution in [3.63, 3.8) is 0 Å². The number of aromatic hydroxyl groups is 1. The van der Waals surface area contributed by atoms with Crippen LogP contribution in [0.3, 0.4) is 0 Å².